The number of unbranched alkanes of at least 4 members (excludes halogenated alkanes) is 6. The van der Waals surface area contributed by atoms with Gasteiger partial charge in [-0.3, -0.25) is 4.79 Å². The number of nitrogens with one attached hydrogen (secondary N) is 1. The van der Waals surface area contributed by atoms with Gasteiger partial charge in [0.2, 0.25) is 0 Å². The van der Waals surface area contributed by atoms with E-state index in [0.29, 0.717) is 10.8 Å². The number of nitrogen functional groups attached to an aromatic ring is 1. The molecule has 0 spiro atoms. The van der Waals surface area contributed by atoms with E-state index in [2.05, 4.69) is 61.4 Å². The maximum Gasteiger partial charge on any atom is 0.150 e. The van der Waals surface area contributed by atoms with E-state index in [0.717, 1.165) is 30.4 Å². The molecule has 1 aliphatic carbocycles. The Morgan fingerprint density at radius 3 is 2.19 bits per heavy atom. The van der Waals surface area contributed by atoms with Crippen LogP contribution in [0.1, 0.15) is 84.1 Å². The van der Waals surface area contributed by atoms with Gasteiger partial charge in [0, 0.05) is 12.6 Å². The zero-order chi connectivity index (χ0) is 26.6. The second-order valence-electron chi connectivity index (χ2n) is 8.70. The molecule has 0 saturated carbocycles. The fourth-order valence-electron chi connectivity index (χ4n) is 3.73. The Kier molecular flexibility index (Phi) is 16.8. The lowest BCUT2D eigenvalue weighted by molar-refractivity contribution is -0.104. The number of rotatable bonds is 10. The second kappa shape index (κ2) is 19.4. The minimum absolute atomic E-state index is 0.362. The van der Waals surface area contributed by atoms with E-state index in [9.17, 15) is 4.79 Å². The largest absolute Gasteiger partial charge is 0.387 e. The molecule has 1 heterocycles. The molecule has 0 fully saturated rings. The number of anilines is 2. The van der Waals surface area contributed by atoms with Crippen molar-refractivity contribution in [2.45, 2.75) is 78.6 Å². The maximum absolute atomic E-state index is 10.9. The number of nitrogens with zero attached hydrogens (tertiary/aromatic N) is 1. The van der Waals surface area contributed by atoms with Crippen molar-refractivity contribution in [2.24, 2.45) is 0 Å². The average molecular weight is 510 g/mol. The lowest BCUT2D eigenvalue weighted by atomic mass is 9.96. The molecule has 0 amide bonds. The predicted molar refractivity (Wildman–Crippen MR) is 158 cm³/mol. The van der Waals surface area contributed by atoms with E-state index in [1.807, 2.05) is 18.2 Å². The molecule has 5 heteroatoms. The molecule has 0 bridgehead atoms. The number of aldehydes is 1. The van der Waals surface area contributed by atoms with E-state index in [1.54, 1.807) is 19.3 Å². The molecule has 3 N–H and O–H groups in total. The summed E-state index contributed by atoms with van der Waals surface area (Å²) in [6.07, 6.45) is 20.3. The molecule has 0 aliphatic heterocycles. The van der Waals surface area contributed by atoms with Crippen LogP contribution in [-0.2, 0) is 4.79 Å². The van der Waals surface area contributed by atoms with Crippen molar-refractivity contribution in [2.75, 3.05) is 18.1 Å². The van der Waals surface area contributed by atoms with Gasteiger partial charge in [0.05, 0.1) is 16.9 Å². The van der Waals surface area contributed by atoms with Crippen molar-refractivity contribution in [3.8, 4) is 0 Å². The summed E-state index contributed by atoms with van der Waals surface area (Å²) >= 11 is 5.67. The van der Waals surface area contributed by atoms with E-state index < -0.39 is 0 Å². The van der Waals surface area contributed by atoms with Crippen LogP contribution in [0.5, 0.6) is 0 Å². The van der Waals surface area contributed by atoms with Crippen molar-refractivity contribution in [1.29, 1.82) is 0 Å². The SMILES string of the molecule is CCC1=C(c2ccccc2)CC=CC(C=O)=C1.CCCCCCCCC.CNc1cnc(N)c(Cl)c1. The van der Waals surface area contributed by atoms with Gasteiger partial charge in [-0.2, -0.15) is 0 Å². The van der Waals surface area contributed by atoms with Crippen molar-refractivity contribution in [3.63, 3.8) is 0 Å². The first-order chi connectivity index (χ1) is 17.5. The Morgan fingerprint density at radius 1 is 1.03 bits per heavy atom. The van der Waals surface area contributed by atoms with Crippen LogP contribution in [0.3, 0.4) is 0 Å². The minimum Gasteiger partial charge on any atom is -0.387 e. The topological polar surface area (TPSA) is 68.0 Å². The van der Waals surface area contributed by atoms with Crippen LogP contribution in [-0.4, -0.2) is 18.3 Å². The smallest absolute Gasteiger partial charge is 0.150 e. The summed E-state index contributed by atoms with van der Waals surface area (Å²) in [5.74, 6) is 0.362. The molecule has 0 saturated heterocycles. The molecule has 1 aromatic carbocycles. The highest BCUT2D eigenvalue weighted by molar-refractivity contribution is 6.33. The number of pyridine rings is 1. The number of nitrogens with two attached hydrogens (primary N) is 1. The Bertz CT molecular complexity index is 975. The zero-order valence-corrected chi connectivity index (χ0v) is 23.3. The molecular formula is C31H44ClN3O. The summed E-state index contributed by atoms with van der Waals surface area (Å²) in [6.45, 7) is 6.65. The first kappa shape index (κ1) is 31.2. The van der Waals surface area contributed by atoms with E-state index >= 15 is 0 Å². The van der Waals surface area contributed by atoms with Gasteiger partial charge in [-0.1, -0.05) is 120 Å². The molecule has 36 heavy (non-hydrogen) atoms. The molecule has 3 rings (SSSR count). The van der Waals surface area contributed by atoms with E-state index in [1.165, 1.54) is 61.7 Å². The minimum atomic E-state index is 0.362. The number of benzene rings is 1. The summed E-state index contributed by atoms with van der Waals surface area (Å²) < 4.78 is 0. The third kappa shape index (κ3) is 12.2. The number of halogens is 1. The van der Waals surface area contributed by atoms with Crippen LogP contribution >= 0.6 is 11.6 Å². The van der Waals surface area contributed by atoms with Crippen molar-refractivity contribution in [1.82, 2.24) is 4.98 Å². The number of carbonyl (C=O) groups excluding carboxylic acids is 1. The molecule has 0 atom stereocenters. The van der Waals surface area contributed by atoms with Gasteiger partial charge >= 0.3 is 0 Å². The van der Waals surface area contributed by atoms with Gasteiger partial charge in [-0.25, -0.2) is 4.98 Å². The molecule has 0 radical (unpaired) electrons. The summed E-state index contributed by atoms with van der Waals surface area (Å²) in [5.41, 5.74) is 10.8. The fourth-order valence-corrected chi connectivity index (χ4v) is 3.89. The number of allylic oxidation sites excluding steroid dienone is 6. The first-order valence-corrected chi connectivity index (χ1v) is 13.6. The number of hydrogen-bond acceptors (Lipinski definition) is 4. The summed E-state index contributed by atoms with van der Waals surface area (Å²) in [5, 5.41) is 3.37. The van der Waals surface area contributed by atoms with Gasteiger partial charge in [0.25, 0.3) is 0 Å². The molecule has 2 aromatic rings. The van der Waals surface area contributed by atoms with Crippen LogP contribution < -0.4 is 11.1 Å². The summed E-state index contributed by atoms with van der Waals surface area (Å²) in [6, 6.07) is 12.1. The standard InChI is InChI=1S/C16H16O.C9H20.C6H8ClN3/c1-2-14-11-13(12-17)7-6-10-16(14)15-8-4-3-5-9-15;1-3-5-7-9-8-6-4-2;1-9-4-2-5(7)6(8)10-3-4/h3-9,11-12H,2,10H2,1H3;3-9H2,1-2H3;2-3,9H,1H3,(H2,8,10). The Balaban J connectivity index is 0.000000293. The van der Waals surface area contributed by atoms with E-state index in [4.69, 9.17) is 17.3 Å². The average Bonchev–Trinajstić information content (AvgIpc) is 3.14. The summed E-state index contributed by atoms with van der Waals surface area (Å²) in [7, 11) is 1.80. The second-order valence-corrected chi connectivity index (χ2v) is 9.11. The van der Waals surface area contributed by atoms with Gasteiger partial charge in [0.1, 0.15) is 12.1 Å². The molecule has 1 aliphatic rings. The highest BCUT2D eigenvalue weighted by Crippen LogP contribution is 2.28. The van der Waals surface area contributed by atoms with Crippen molar-refractivity contribution < 1.29 is 4.79 Å². The molecule has 4 nitrogen and oxygen atoms in total. The molecule has 196 valence electrons. The van der Waals surface area contributed by atoms with Gasteiger partial charge < -0.3 is 11.1 Å². The normalized spacial score (nSPS) is 12.4. The zero-order valence-electron chi connectivity index (χ0n) is 22.5. The van der Waals surface area contributed by atoms with E-state index in [-0.39, 0.29) is 0 Å². The molecule has 0 unspecified atom stereocenters. The first-order valence-electron chi connectivity index (χ1n) is 13.2. The van der Waals surface area contributed by atoms with Crippen LogP contribution in [0.25, 0.3) is 5.57 Å². The van der Waals surface area contributed by atoms with Crippen LogP contribution in [0.4, 0.5) is 11.5 Å². The fraction of sp³-hybridized carbons (Fsp3) is 0.419. The molecular weight excluding hydrogens is 466 g/mol. The van der Waals surface area contributed by atoms with Crippen molar-refractivity contribution in [3.05, 3.63) is 82.6 Å². The van der Waals surface area contributed by atoms with Crippen LogP contribution in [0.2, 0.25) is 5.02 Å². The lowest BCUT2D eigenvalue weighted by Crippen LogP contribution is -1.94. The Hall–Kier alpha value is -2.85. The molecule has 1 aromatic heterocycles. The quantitative estimate of drug-likeness (QED) is 0.247. The highest BCUT2D eigenvalue weighted by atomic mass is 35.5. The Morgan fingerprint density at radius 2 is 1.67 bits per heavy atom. The van der Waals surface area contributed by atoms with Crippen molar-refractivity contribution >= 4 is 35.0 Å². The van der Waals surface area contributed by atoms with Crippen LogP contribution in [0.15, 0.2) is 72.0 Å². The number of carbonyl (C=O) groups is 1. The van der Waals surface area contributed by atoms with Gasteiger partial charge in [-0.15, -0.1) is 0 Å². The third-order valence-electron chi connectivity index (χ3n) is 5.87. The number of hydrogen-bond donors (Lipinski definition) is 2. The predicted octanol–water partition coefficient (Wildman–Crippen LogP) is 9.05. The highest BCUT2D eigenvalue weighted by Gasteiger charge is 2.08. The van der Waals surface area contributed by atoms with Gasteiger partial charge in [-0.05, 0) is 41.7 Å². The Labute approximate surface area is 223 Å². The van der Waals surface area contributed by atoms with Gasteiger partial charge in [0.15, 0.2) is 0 Å². The number of aromatic nitrogens is 1. The van der Waals surface area contributed by atoms with Crippen LogP contribution in [0, 0.1) is 0 Å². The monoisotopic (exact) mass is 509 g/mol. The third-order valence-corrected chi connectivity index (χ3v) is 6.17. The maximum atomic E-state index is 10.9. The summed E-state index contributed by atoms with van der Waals surface area (Å²) in [4.78, 5) is 14.7. The lowest BCUT2D eigenvalue weighted by Gasteiger charge is -2.09.